The molecule has 4 rings (SSSR count). The number of ketones is 1. The van der Waals surface area contributed by atoms with E-state index in [0.29, 0.717) is 16.7 Å². The quantitative estimate of drug-likeness (QED) is 0.389. The average molecular weight is 414 g/mol. The Bertz CT molecular complexity index is 1210. The lowest BCUT2D eigenvalue weighted by Gasteiger charge is -2.10. The third-order valence-electron chi connectivity index (χ3n) is 4.35. The molecule has 3 aromatic heterocycles. The smallest absolute Gasteiger partial charge is 0.330 e. The van der Waals surface area contributed by atoms with Gasteiger partial charge in [-0.25, -0.2) is 9.78 Å². The molecule has 29 heavy (non-hydrogen) atoms. The highest BCUT2D eigenvalue weighted by Crippen LogP contribution is 2.35. The number of Topliss-reactive ketones (excluding diaryl/α,β-unsaturated/α-hetero) is 1. The minimum absolute atomic E-state index is 0.0566. The van der Waals surface area contributed by atoms with Crippen LogP contribution in [0, 0.1) is 6.92 Å². The largest absolute Gasteiger partial charge is 0.462 e. The number of furan rings is 1. The number of rotatable bonds is 7. The summed E-state index contributed by atoms with van der Waals surface area (Å²) in [6.07, 6.45) is 5.03. The van der Waals surface area contributed by atoms with Gasteiger partial charge >= 0.3 is 5.69 Å². The van der Waals surface area contributed by atoms with Crippen LogP contribution in [0.25, 0.3) is 12.2 Å². The van der Waals surface area contributed by atoms with Crippen LogP contribution in [0.2, 0.25) is 0 Å². The van der Waals surface area contributed by atoms with Crippen LogP contribution >= 0.6 is 11.8 Å². The predicted molar refractivity (Wildman–Crippen MR) is 108 cm³/mol. The summed E-state index contributed by atoms with van der Waals surface area (Å²) in [5.74, 6) is 1.32. The van der Waals surface area contributed by atoms with Gasteiger partial charge in [0.2, 0.25) is 5.16 Å². The number of hydrogen-bond donors (Lipinski definition) is 3. The molecule has 1 aliphatic carbocycles. The summed E-state index contributed by atoms with van der Waals surface area (Å²) in [6.45, 7) is 1.85. The molecule has 0 aromatic carbocycles. The Balaban J connectivity index is 1.45. The first-order valence-electron chi connectivity index (χ1n) is 8.89. The molecule has 1 saturated carbocycles. The summed E-state index contributed by atoms with van der Waals surface area (Å²) in [4.78, 5) is 43.0. The van der Waals surface area contributed by atoms with Crippen molar-refractivity contribution < 1.29 is 9.21 Å². The number of anilines is 1. The highest BCUT2D eigenvalue weighted by molar-refractivity contribution is 7.99. The van der Waals surface area contributed by atoms with Gasteiger partial charge in [0.25, 0.3) is 5.56 Å². The molecular formula is C18H18N6O4S. The molecule has 0 spiro atoms. The SMILES string of the molecule is Cc1ccc(/C=C\c2nc(SCC(=O)c3c(N)n(C4CC4)c(=O)[nH]c3=O)n[nH]2)o1. The van der Waals surface area contributed by atoms with E-state index in [1.165, 1.54) is 4.57 Å². The van der Waals surface area contributed by atoms with Gasteiger partial charge in [0, 0.05) is 6.04 Å². The third kappa shape index (κ3) is 4.09. The normalized spacial score (nSPS) is 14.0. The highest BCUT2D eigenvalue weighted by Gasteiger charge is 2.30. The first kappa shape index (κ1) is 19.0. The van der Waals surface area contributed by atoms with E-state index >= 15 is 0 Å². The molecule has 0 radical (unpaired) electrons. The average Bonchev–Trinajstić information content (AvgIpc) is 3.23. The number of H-pyrrole nitrogens is 2. The van der Waals surface area contributed by atoms with E-state index < -0.39 is 17.0 Å². The summed E-state index contributed by atoms with van der Waals surface area (Å²) in [7, 11) is 0. The molecule has 1 fully saturated rings. The number of carbonyl (C=O) groups is 1. The standard InChI is InChI=1S/C18H18N6O4S/c1-9-2-5-11(28-9)6-7-13-20-17(23-22-13)29-8-12(25)14-15(19)24(10-3-4-10)18(27)21-16(14)26/h2,5-7,10H,3-4,8,19H2,1H3,(H,20,22,23)(H,21,26,27)/b7-6-. The molecule has 1 aliphatic rings. The minimum atomic E-state index is -0.776. The van der Waals surface area contributed by atoms with E-state index in [-0.39, 0.29) is 23.2 Å². The van der Waals surface area contributed by atoms with Crippen molar-refractivity contribution in [1.29, 1.82) is 0 Å². The maximum Gasteiger partial charge on any atom is 0.330 e. The van der Waals surface area contributed by atoms with Gasteiger partial charge < -0.3 is 10.2 Å². The monoisotopic (exact) mass is 414 g/mol. The Morgan fingerprint density at radius 2 is 2.17 bits per heavy atom. The Labute approximate surface area is 168 Å². The van der Waals surface area contributed by atoms with Gasteiger partial charge in [0.15, 0.2) is 5.78 Å². The van der Waals surface area contributed by atoms with E-state index in [9.17, 15) is 14.4 Å². The fraction of sp³-hybridized carbons (Fsp3) is 0.278. The van der Waals surface area contributed by atoms with E-state index in [0.717, 1.165) is 30.4 Å². The topological polar surface area (TPSA) is 153 Å². The Morgan fingerprint density at radius 1 is 1.38 bits per heavy atom. The van der Waals surface area contributed by atoms with Gasteiger partial charge in [-0.2, -0.15) is 0 Å². The summed E-state index contributed by atoms with van der Waals surface area (Å²) >= 11 is 1.07. The van der Waals surface area contributed by atoms with Gasteiger partial charge in [-0.1, -0.05) is 11.8 Å². The number of nitrogens with one attached hydrogen (secondary N) is 2. The van der Waals surface area contributed by atoms with E-state index in [2.05, 4.69) is 20.2 Å². The van der Waals surface area contributed by atoms with Crippen LogP contribution < -0.4 is 17.0 Å². The molecular weight excluding hydrogens is 396 g/mol. The molecule has 0 saturated heterocycles. The van der Waals surface area contributed by atoms with Gasteiger partial charge in [-0.3, -0.25) is 24.2 Å². The molecule has 11 heteroatoms. The maximum absolute atomic E-state index is 12.6. The number of nitrogen functional groups attached to an aromatic ring is 1. The van der Waals surface area contributed by atoms with Crippen LogP contribution in [0.15, 0.2) is 31.3 Å². The fourth-order valence-corrected chi connectivity index (χ4v) is 3.51. The van der Waals surface area contributed by atoms with Gasteiger partial charge in [-0.05, 0) is 44.1 Å². The molecule has 3 aromatic rings. The van der Waals surface area contributed by atoms with Crippen molar-refractivity contribution in [1.82, 2.24) is 24.7 Å². The summed E-state index contributed by atoms with van der Waals surface area (Å²) in [5.41, 5.74) is 4.39. The number of thioether (sulfide) groups is 1. The molecule has 0 amide bonds. The van der Waals surface area contributed by atoms with Gasteiger partial charge in [0.05, 0.1) is 5.75 Å². The number of aromatic amines is 2. The number of nitrogens with zero attached hydrogens (tertiary/aromatic N) is 3. The van der Waals surface area contributed by atoms with Gasteiger partial charge in [0.1, 0.15) is 28.7 Å². The third-order valence-corrected chi connectivity index (χ3v) is 5.20. The molecule has 150 valence electrons. The van der Waals surface area contributed by atoms with Gasteiger partial charge in [-0.15, -0.1) is 5.10 Å². The summed E-state index contributed by atoms with van der Waals surface area (Å²) in [6, 6.07) is 3.63. The fourth-order valence-electron chi connectivity index (χ4n) is 2.83. The zero-order chi connectivity index (χ0) is 20.5. The lowest BCUT2D eigenvalue weighted by molar-refractivity contribution is 0.102. The van der Waals surface area contributed by atoms with Crippen molar-refractivity contribution in [2.75, 3.05) is 11.5 Å². The zero-order valence-corrected chi connectivity index (χ0v) is 16.3. The predicted octanol–water partition coefficient (Wildman–Crippen LogP) is 1.62. The van der Waals surface area contributed by atoms with Crippen molar-refractivity contribution in [2.45, 2.75) is 31.0 Å². The second-order valence-electron chi connectivity index (χ2n) is 6.62. The van der Waals surface area contributed by atoms with Crippen LogP contribution in [0.5, 0.6) is 0 Å². The van der Waals surface area contributed by atoms with Crippen LogP contribution in [0.4, 0.5) is 5.82 Å². The second-order valence-corrected chi connectivity index (χ2v) is 7.56. The van der Waals surface area contributed by atoms with Crippen molar-refractivity contribution >= 4 is 35.5 Å². The minimum Gasteiger partial charge on any atom is -0.462 e. The second kappa shape index (κ2) is 7.59. The number of aryl methyl sites for hydroxylation is 1. The van der Waals surface area contributed by atoms with Crippen LogP contribution in [0.1, 0.15) is 46.6 Å². The highest BCUT2D eigenvalue weighted by atomic mass is 32.2. The molecule has 3 heterocycles. The number of hydrogen-bond acceptors (Lipinski definition) is 8. The zero-order valence-electron chi connectivity index (χ0n) is 15.5. The summed E-state index contributed by atoms with van der Waals surface area (Å²) in [5, 5.41) is 7.13. The lowest BCUT2D eigenvalue weighted by Crippen LogP contribution is -2.36. The summed E-state index contributed by atoms with van der Waals surface area (Å²) < 4.78 is 6.72. The molecule has 4 N–H and O–H groups in total. The van der Waals surface area contributed by atoms with Crippen LogP contribution in [0.3, 0.4) is 0 Å². The van der Waals surface area contributed by atoms with E-state index in [4.69, 9.17) is 10.2 Å². The Hall–Kier alpha value is -3.34. The maximum atomic E-state index is 12.6. The van der Waals surface area contributed by atoms with E-state index in [1.807, 2.05) is 19.1 Å². The molecule has 0 bridgehead atoms. The molecule has 10 nitrogen and oxygen atoms in total. The van der Waals surface area contributed by atoms with Crippen molar-refractivity contribution in [2.24, 2.45) is 0 Å². The molecule has 0 aliphatic heterocycles. The van der Waals surface area contributed by atoms with Crippen molar-refractivity contribution in [3.8, 4) is 0 Å². The first-order chi connectivity index (χ1) is 13.9. The van der Waals surface area contributed by atoms with Crippen molar-refractivity contribution in [3.63, 3.8) is 0 Å². The number of carbonyl (C=O) groups excluding carboxylic acids is 1. The van der Waals surface area contributed by atoms with Crippen LogP contribution in [-0.4, -0.2) is 36.3 Å². The van der Waals surface area contributed by atoms with E-state index in [1.54, 1.807) is 12.2 Å². The Morgan fingerprint density at radius 3 is 2.86 bits per heavy atom. The molecule has 0 unspecified atom stereocenters. The molecule has 0 atom stereocenters. The number of nitrogens with two attached hydrogens (primary N) is 1. The lowest BCUT2D eigenvalue weighted by atomic mass is 10.2. The van der Waals surface area contributed by atoms with Crippen molar-refractivity contribution in [3.05, 3.63) is 55.9 Å². The number of aromatic nitrogens is 5. The Kier molecular flexibility index (Phi) is 4.97. The van der Waals surface area contributed by atoms with Crippen LogP contribution in [-0.2, 0) is 0 Å². The first-order valence-corrected chi connectivity index (χ1v) is 9.88.